The molecule has 2 rings (SSSR count). The molecule has 2 aromatic rings. The van der Waals surface area contributed by atoms with Gasteiger partial charge in [-0.05, 0) is 34.9 Å². The molecule has 2 aromatic carbocycles. The first-order valence-electron chi connectivity index (χ1n) is 7.76. The minimum atomic E-state index is -0.974. The number of urea groups is 1. The molecule has 0 saturated carbocycles. The molecule has 1 atom stereocenters. The van der Waals surface area contributed by atoms with Crippen LogP contribution >= 0.6 is 0 Å². The summed E-state index contributed by atoms with van der Waals surface area (Å²) >= 11 is 0. The van der Waals surface area contributed by atoms with Crippen molar-refractivity contribution in [3.8, 4) is 5.75 Å². The number of hydrogen-bond acceptors (Lipinski definition) is 3. The molecule has 0 heterocycles. The van der Waals surface area contributed by atoms with Crippen LogP contribution in [0.15, 0.2) is 36.4 Å². The van der Waals surface area contributed by atoms with Crippen LogP contribution in [0.1, 0.15) is 5.56 Å². The second-order valence-corrected chi connectivity index (χ2v) is 6.49. The summed E-state index contributed by atoms with van der Waals surface area (Å²) in [6, 6.07) is 12.0. The van der Waals surface area contributed by atoms with Crippen molar-refractivity contribution in [2.24, 2.45) is 0 Å². The van der Waals surface area contributed by atoms with Crippen LogP contribution in [0.25, 0.3) is 10.8 Å². The normalized spacial score (nSPS) is 11.9. The number of amides is 2. The summed E-state index contributed by atoms with van der Waals surface area (Å²) in [6.07, 6.45) is 2.46. The highest BCUT2D eigenvalue weighted by atomic mass is 32.2. The molecule has 3 N–H and O–H groups in total. The zero-order valence-electron chi connectivity index (χ0n) is 13.9. The molecule has 0 aliphatic heterocycles. The number of carbonyl (C=O) groups excluding carboxylic acids is 1. The molecule has 0 aliphatic rings. The van der Waals surface area contributed by atoms with Gasteiger partial charge >= 0.3 is 6.03 Å². The lowest BCUT2D eigenvalue weighted by Crippen LogP contribution is -2.35. The first kappa shape index (κ1) is 18.2. The van der Waals surface area contributed by atoms with E-state index < -0.39 is 11.0 Å². The fourth-order valence-corrected chi connectivity index (χ4v) is 2.67. The van der Waals surface area contributed by atoms with Gasteiger partial charge in [0.15, 0.2) is 0 Å². The number of nitrogens with one attached hydrogen (secondary N) is 3. The number of benzene rings is 2. The van der Waals surface area contributed by atoms with Crippen LogP contribution in [0.5, 0.6) is 5.75 Å². The summed E-state index contributed by atoms with van der Waals surface area (Å²) in [7, 11) is 0.601. The molecule has 0 radical (unpaired) electrons. The minimum Gasteiger partial charge on any atom is -0.492 e. The fraction of sp³-hybridized carbons (Fsp3) is 0.353. The van der Waals surface area contributed by atoms with Gasteiger partial charge in [0.2, 0.25) is 0 Å². The van der Waals surface area contributed by atoms with Gasteiger partial charge in [0.25, 0.3) is 0 Å². The Labute approximate surface area is 144 Å². The Kier molecular flexibility index (Phi) is 7.02. The van der Waals surface area contributed by atoms with Gasteiger partial charge in [-0.2, -0.15) is 0 Å². The standard InChI is InChI=1S/C17H23N3O3S/c1-18-17(21)19-9-10-23-16-6-5-14-11-13(3-4-15(14)12-16)7-8-20-24(2)22/h3-6,11-12,20H,7-10H2,1-2H3,(H2,18,19,21). The van der Waals surface area contributed by atoms with Crippen molar-refractivity contribution in [2.45, 2.75) is 6.42 Å². The Balaban J connectivity index is 1.91. The van der Waals surface area contributed by atoms with E-state index in [4.69, 9.17) is 4.74 Å². The van der Waals surface area contributed by atoms with E-state index in [2.05, 4.69) is 33.6 Å². The molecule has 0 aromatic heterocycles. The van der Waals surface area contributed by atoms with Crippen LogP contribution in [-0.4, -0.2) is 43.2 Å². The lowest BCUT2D eigenvalue weighted by Gasteiger charge is -2.09. The first-order valence-corrected chi connectivity index (χ1v) is 9.32. The largest absolute Gasteiger partial charge is 0.492 e. The lowest BCUT2D eigenvalue weighted by atomic mass is 10.0. The molecule has 0 aliphatic carbocycles. The van der Waals surface area contributed by atoms with Gasteiger partial charge in [-0.1, -0.05) is 24.3 Å². The van der Waals surface area contributed by atoms with Crippen LogP contribution < -0.4 is 20.1 Å². The van der Waals surface area contributed by atoms with Crippen LogP contribution in [0.2, 0.25) is 0 Å². The molecule has 130 valence electrons. The number of ether oxygens (including phenoxy) is 1. The summed E-state index contributed by atoms with van der Waals surface area (Å²) in [4.78, 5) is 11.0. The highest BCUT2D eigenvalue weighted by Gasteiger charge is 2.01. The topological polar surface area (TPSA) is 79.5 Å². The summed E-state index contributed by atoms with van der Waals surface area (Å²) in [6.45, 7) is 1.55. The first-order chi connectivity index (χ1) is 11.6. The fourth-order valence-electron chi connectivity index (χ4n) is 2.28. The lowest BCUT2D eigenvalue weighted by molar-refractivity contribution is 0.238. The van der Waals surface area contributed by atoms with Crippen molar-refractivity contribution in [2.75, 3.05) is 33.0 Å². The molecule has 6 nitrogen and oxygen atoms in total. The number of carbonyl (C=O) groups is 1. The molecule has 0 bridgehead atoms. The third-order valence-corrected chi connectivity index (χ3v) is 4.09. The molecule has 24 heavy (non-hydrogen) atoms. The average Bonchev–Trinajstić information content (AvgIpc) is 2.58. The summed E-state index contributed by atoms with van der Waals surface area (Å²) in [5, 5.41) is 7.40. The second-order valence-electron chi connectivity index (χ2n) is 5.30. The van der Waals surface area contributed by atoms with Crippen molar-refractivity contribution < 1.29 is 13.7 Å². The van der Waals surface area contributed by atoms with Crippen LogP contribution in [-0.2, 0) is 17.4 Å². The molecule has 0 fully saturated rings. The van der Waals surface area contributed by atoms with Crippen molar-refractivity contribution in [3.63, 3.8) is 0 Å². The second kappa shape index (κ2) is 9.24. The summed E-state index contributed by atoms with van der Waals surface area (Å²) in [5.41, 5.74) is 1.20. The Morgan fingerprint density at radius 3 is 2.62 bits per heavy atom. The molecule has 7 heteroatoms. The van der Waals surface area contributed by atoms with Crippen molar-refractivity contribution in [3.05, 3.63) is 42.0 Å². The average molecular weight is 349 g/mol. The monoisotopic (exact) mass is 349 g/mol. The maximum atomic E-state index is 11.0. The zero-order chi connectivity index (χ0) is 17.4. The van der Waals surface area contributed by atoms with E-state index in [0.29, 0.717) is 19.7 Å². The summed E-state index contributed by atoms with van der Waals surface area (Å²) in [5.74, 6) is 0.775. The third-order valence-electron chi connectivity index (χ3n) is 3.48. The summed E-state index contributed by atoms with van der Waals surface area (Å²) < 4.78 is 19.6. The van der Waals surface area contributed by atoms with Gasteiger partial charge in [-0.15, -0.1) is 0 Å². The Hall–Kier alpha value is -2.12. The van der Waals surface area contributed by atoms with E-state index >= 15 is 0 Å². The van der Waals surface area contributed by atoms with E-state index in [1.165, 1.54) is 5.56 Å². The maximum Gasteiger partial charge on any atom is 0.314 e. The maximum absolute atomic E-state index is 11.0. The van der Waals surface area contributed by atoms with E-state index in [0.717, 1.165) is 22.9 Å². The van der Waals surface area contributed by atoms with Crippen LogP contribution in [0.3, 0.4) is 0 Å². The van der Waals surface area contributed by atoms with E-state index in [1.807, 2.05) is 18.2 Å². The van der Waals surface area contributed by atoms with Gasteiger partial charge in [-0.25, -0.2) is 13.7 Å². The van der Waals surface area contributed by atoms with E-state index in [1.54, 1.807) is 13.3 Å². The van der Waals surface area contributed by atoms with Crippen molar-refractivity contribution >= 4 is 27.8 Å². The Morgan fingerprint density at radius 2 is 1.88 bits per heavy atom. The van der Waals surface area contributed by atoms with Gasteiger partial charge in [0, 0.05) is 19.8 Å². The number of fused-ring (bicyclic) bond motifs is 1. The van der Waals surface area contributed by atoms with Crippen molar-refractivity contribution in [1.29, 1.82) is 0 Å². The quantitative estimate of drug-likeness (QED) is 0.633. The molecule has 2 amide bonds. The van der Waals surface area contributed by atoms with Crippen LogP contribution in [0.4, 0.5) is 4.79 Å². The highest BCUT2D eigenvalue weighted by Crippen LogP contribution is 2.22. The Bertz CT molecular complexity index is 721. The molecule has 1 unspecified atom stereocenters. The van der Waals surface area contributed by atoms with Gasteiger partial charge in [0.1, 0.15) is 12.4 Å². The predicted octanol–water partition coefficient (Wildman–Crippen LogP) is 1.57. The van der Waals surface area contributed by atoms with E-state index in [9.17, 15) is 9.00 Å². The Morgan fingerprint density at radius 1 is 1.12 bits per heavy atom. The molecular formula is C17H23N3O3S. The SMILES string of the molecule is CNC(=O)NCCOc1ccc2cc(CCNS(C)=O)ccc2c1. The number of hydrogen-bond donors (Lipinski definition) is 3. The molecular weight excluding hydrogens is 326 g/mol. The molecule has 0 spiro atoms. The van der Waals surface area contributed by atoms with Gasteiger partial charge in [0.05, 0.1) is 17.5 Å². The number of rotatable bonds is 8. The zero-order valence-corrected chi connectivity index (χ0v) is 14.7. The smallest absolute Gasteiger partial charge is 0.314 e. The minimum absolute atomic E-state index is 0.217. The predicted molar refractivity (Wildman–Crippen MR) is 97.7 cm³/mol. The third kappa shape index (κ3) is 5.82. The van der Waals surface area contributed by atoms with E-state index in [-0.39, 0.29) is 6.03 Å². The van der Waals surface area contributed by atoms with Gasteiger partial charge < -0.3 is 15.4 Å². The van der Waals surface area contributed by atoms with Gasteiger partial charge in [-0.3, -0.25) is 0 Å². The molecule has 0 saturated heterocycles. The highest BCUT2D eigenvalue weighted by molar-refractivity contribution is 7.82. The van der Waals surface area contributed by atoms with Crippen LogP contribution in [0, 0.1) is 0 Å². The van der Waals surface area contributed by atoms with Crippen molar-refractivity contribution in [1.82, 2.24) is 15.4 Å².